The number of benzene rings is 3. The maximum Gasteiger partial charge on any atom is 0.120 e. The first-order valence-corrected chi connectivity index (χ1v) is 10.7. The summed E-state index contributed by atoms with van der Waals surface area (Å²) in [4.78, 5) is 4.97. The molecule has 0 atom stereocenters. The van der Waals surface area contributed by atoms with Gasteiger partial charge in [-0.3, -0.25) is 0 Å². The summed E-state index contributed by atoms with van der Waals surface area (Å²) >= 11 is 3.57. The van der Waals surface area contributed by atoms with Gasteiger partial charge in [0.25, 0.3) is 0 Å². The van der Waals surface area contributed by atoms with Gasteiger partial charge >= 0.3 is 0 Å². The predicted octanol–water partition coefficient (Wildman–Crippen LogP) is 7.56. The molecule has 0 heterocycles. The molecule has 3 aromatic rings. The highest BCUT2D eigenvalue weighted by atomic mass is 32.2. The summed E-state index contributed by atoms with van der Waals surface area (Å²) in [7, 11) is 0. The van der Waals surface area contributed by atoms with E-state index in [4.69, 9.17) is 4.74 Å². The summed E-state index contributed by atoms with van der Waals surface area (Å²) in [5.74, 6) is 0.959. The Morgan fingerprint density at radius 2 is 1.27 bits per heavy atom. The van der Waals surface area contributed by atoms with Crippen molar-refractivity contribution in [1.82, 2.24) is 0 Å². The second kappa shape index (κ2) is 10.3. The zero-order valence-corrected chi connectivity index (χ0v) is 16.7. The van der Waals surface area contributed by atoms with Gasteiger partial charge in [-0.2, -0.15) is 0 Å². The Morgan fingerprint density at radius 1 is 0.654 bits per heavy atom. The molecule has 0 amide bonds. The largest absolute Gasteiger partial charge is 0.494 e. The molecule has 0 unspecified atom stereocenters. The highest BCUT2D eigenvalue weighted by Crippen LogP contribution is 2.34. The minimum Gasteiger partial charge on any atom is -0.494 e. The van der Waals surface area contributed by atoms with E-state index in [0.29, 0.717) is 0 Å². The summed E-state index contributed by atoms with van der Waals surface area (Å²) in [5, 5.41) is 0. The molecule has 3 rings (SSSR count). The Hall–Kier alpha value is -1.84. The maximum atomic E-state index is 5.87. The fourth-order valence-corrected chi connectivity index (χ4v) is 4.43. The standard InChI is InChI=1S/C23H24OS2/c1-2-3-7-16-24-19-10-8-13-21(17-19)26-23-15-9-14-22(18-23)25-20-11-5-4-6-12-20/h4-6,8-15,17-18H,2-3,7,16H2,1H3. The summed E-state index contributed by atoms with van der Waals surface area (Å²) < 4.78 is 5.87. The molecule has 26 heavy (non-hydrogen) atoms. The van der Waals surface area contributed by atoms with Crippen LogP contribution in [0.4, 0.5) is 0 Å². The van der Waals surface area contributed by atoms with Gasteiger partial charge in [-0.05, 0) is 55.0 Å². The SMILES string of the molecule is CCCCCOc1cccc(Sc2cccc(Sc3ccccc3)c2)c1. The van der Waals surface area contributed by atoms with Crippen LogP contribution in [0.15, 0.2) is 98.4 Å². The molecular weight excluding hydrogens is 356 g/mol. The smallest absolute Gasteiger partial charge is 0.120 e. The Kier molecular flexibility index (Phi) is 7.53. The van der Waals surface area contributed by atoms with Crippen molar-refractivity contribution in [2.75, 3.05) is 6.61 Å². The minimum absolute atomic E-state index is 0.797. The van der Waals surface area contributed by atoms with Crippen molar-refractivity contribution in [3.8, 4) is 5.75 Å². The van der Waals surface area contributed by atoms with Gasteiger partial charge in [-0.25, -0.2) is 0 Å². The number of rotatable bonds is 9. The lowest BCUT2D eigenvalue weighted by Crippen LogP contribution is -1.96. The van der Waals surface area contributed by atoms with Gasteiger partial charge in [0.05, 0.1) is 6.61 Å². The van der Waals surface area contributed by atoms with Crippen LogP contribution in [0.1, 0.15) is 26.2 Å². The van der Waals surface area contributed by atoms with E-state index in [0.717, 1.165) is 18.8 Å². The van der Waals surface area contributed by atoms with E-state index < -0.39 is 0 Å². The summed E-state index contributed by atoms with van der Waals surface area (Å²) in [6.07, 6.45) is 3.56. The summed E-state index contributed by atoms with van der Waals surface area (Å²) in [6, 6.07) is 27.6. The van der Waals surface area contributed by atoms with E-state index in [2.05, 4.69) is 73.7 Å². The van der Waals surface area contributed by atoms with E-state index in [1.807, 2.05) is 12.1 Å². The van der Waals surface area contributed by atoms with E-state index in [-0.39, 0.29) is 0 Å². The molecule has 0 saturated heterocycles. The molecule has 0 aliphatic rings. The summed E-state index contributed by atoms with van der Waals surface area (Å²) in [6.45, 7) is 3.01. The lowest BCUT2D eigenvalue weighted by molar-refractivity contribution is 0.305. The average molecular weight is 381 g/mol. The Labute approximate surface area is 165 Å². The number of hydrogen-bond donors (Lipinski definition) is 0. The molecule has 1 nitrogen and oxygen atoms in total. The lowest BCUT2D eigenvalue weighted by Gasteiger charge is -2.08. The normalized spacial score (nSPS) is 10.7. The van der Waals surface area contributed by atoms with E-state index in [1.165, 1.54) is 32.4 Å². The zero-order valence-electron chi connectivity index (χ0n) is 15.1. The molecule has 0 bridgehead atoms. The molecule has 0 spiro atoms. The van der Waals surface area contributed by atoms with Crippen LogP contribution in [0.3, 0.4) is 0 Å². The Bertz CT molecular complexity index is 802. The second-order valence-corrected chi connectivity index (χ2v) is 8.32. The first-order chi connectivity index (χ1) is 12.8. The third kappa shape index (κ3) is 6.15. The minimum atomic E-state index is 0.797. The monoisotopic (exact) mass is 380 g/mol. The molecule has 3 heteroatoms. The predicted molar refractivity (Wildman–Crippen MR) is 113 cm³/mol. The number of ether oxygens (including phenoxy) is 1. The van der Waals surface area contributed by atoms with Gasteiger partial charge in [-0.1, -0.05) is 73.6 Å². The third-order valence-corrected chi connectivity index (χ3v) is 5.82. The van der Waals surface area contributed by atoms with Gasteiger partial charge in [0, 0.05) is 19.6 Å². The van der Waals surface area contributed by atoms with Crippen molar-refractivity contribution in [3.05, 3.63) is 78.9 Å². The maximum absolute atomic E-state index is 5.87. The molecule has 3 aromatic carbocycles. The second-order valence-electron chi connectivity index (χ2n) is 6.02. The molecule has 0 N–H and O–H groups in total. The summed E-state index contributed by atoms with van der Waals surface area (Å²) in [5.41, 5.74) is 0. The lowest BCUT2D eigenvalue weighted by atomic mass is 10.3. The fourth-order valence-electron chi connectivity index (χ4n) is 2.53. The van der Waals surface area contributed by atoms with Gasteiger partial charge < -0.3 is 4.74 Å². The molecule has 0 radical (unpaired) electrons. The van der Waals surface area contributed by atoms with Crippen molar-refractivity contribution < 1.29 is 4.74 Å². The number of unbranched alkanes of at least 4 members (excludes halogenated alkanes) is 2. The van der Waals surface area contributed by atoms with Crippen LogP contribution >= 0.6 is 23.5 Å². The van der Waals surface area contributed by atoms with Gasteiger partial charge in [0.2, 0.25) is 0 Å². The van der Waals surface area contributed by atoms with Gasteiger partial charge in [0.1, 0.15) is 5.75 Å². The molecular formula is C23H24OS2. The molecule has 0 aromatic heterocycles. The van der Waals surface area contributed by atoms with Crippen LogP contribution in [0.2, 0.25) is 0 Å². The quantitative estimate of drug-likeness (QED) is 0.354. The molecule has 0 fully saturated rings. The van der Waals surface area contributed by atoms with Crippen LogP contribution < -0.4 is 4.74 Å². The van der Waals surface area contributed by atoms with Crippen molar-refractivity contribution in [2.45, 2.75) is 45.8 Å². The van der Waals surface area contributed by atoms with Crippen LogP contribution in [-0.4, -0.2) is 6.61 Å². The van der Waals surface area contributed by atoms with Crippen LogP contribution in [0, 0.1) is 0 Å². The average Bonchev–Trinajstić information content (AvgIpc) is 2.67. The Morgan fingerprint density at radius 3 is 2.00 bits per heavy atom. The van der Waals surface area contributed by atoms with Crippen molar-refractivity contribution in [1.29, 1.82) is 0 Å². The molecule has 0 saturated carbocycles. The first-order valence-electron chi connectivity index (χ1n) is 9.07. The van der Waals surface area contributed by atoms with Crippen molar-refractivity contribution >= 4 is 23.5 Å². The topological polar surface area (TPSA) is 9.23 Å². The van der Waals surface area contributed by atoms with Crippen molar-refractivity contribution in [3.63, 3.8) is 0 Å². The molecule has 0 aliphatic carbocycles. The Balaban J connectivity index is 1.62. The van der Waals surface area contributed by atoms with Crippen LogP contribution in [0.25, 0.3) is 0 Å². The molecule has 134 valence electrons. The highest BCUT2D eigenvalue weighted by Gasteiger charge is 2.03. The highest BCUT2D eigenvalue weighted by molar-refractivity contribution is 8.00. The molecule has 0 aliphatic heterocycles. The first kappa shape index (κ1) is 18.9. The van der Waals surface area contributed by atoms with E-state index >= 15 is 0 Å². The fraction of sp³-hybridized carbons (Fsp3) is 0.217. The van der Waals surface area contributed by atoms with Gasteiger partial charge in [-0.15, -0.1) is 0 Å². The van der Waals surface area contributed by atoms with E-state index in [9.17, 15) is 0 Å². The van der Waals surface area contributed by atoms with Gasteiger partial charge in [0.15, 0.2) is 0 Å². The van der Waals surface area contributed by atoms with Crippen molar-refractivity contribution in [2.24, 2.45) is 0 Å². The van der Waals surface area contributed by atoms with Crippen LogP contribution in [-0.2, 0) is 0 Å². The van der Waals surface area contributed by atoms with Crippen LogP contribution in [0.5, 0.6) is 5.75 Å². The third-order valence-electron chi connectivity index (χ3n) is 3.84. The zero-order chi connectivity index (χ0) is 18.0. The number of hydrogen-bond acceptors (Lipinski definition) is 3. The van der Waals surface area contributed by atoms with E-state index in [1.54, 1.807) is 23.5 Å².